The number of carboxylic acid groups (broad SMARTS) is 1. The van der Waals surface area contributed by atoms with Gasteiger partial charge in [0.2, 0.25) is 0 Å². The highest BCUT2D eigenvalue weighted by molar-refractivity contribution is 7.14. The Bertz CT molecular complexity index is 596. The second kappa shape index (κ2) is 6.29. The van der Waals surface area contributed by atoms with E-state index in [0.717, 1.165) is 11.4 Å². The summed E-state index contributed by atoms with van der Waals surface area (Å²) in [6.45, 7) is 4.09. The number of aryl methyl sites for hydroxylation is 1. The molecule has 0 spiro atoms. The Kier molecular flexibility index (Phi) is 4.69. The molecule has 0 saturated carbocycles. The minimum absolute atomic E-state index is 0.0281. The fourth-order valence-corrected chi connectivity index (χ4v) is 3.25. The van der Waals surface area contributed by atoms with E-state index < -0.39 is 12.0 Å². The van der Waals surface area contributed by atoms with Gasteiger partial charge in [0, 0.05) is 16.5 Å². The summed E-state index contributed by atoms with van der Waals surface area (Å²) in [4.78, 5) is 20.6. The maximum atomic E-state index is 10.8. The second-order valence-electron chi connectivity index (χ2n) is 4.28. The molecule has 4 N–H and O–H groups in total. The number of aromatic nitrogens is 2. The molecule has 0 saturated heterocycles. The van der Waals surface area contributed by atoms with Crippen LogP contribution in [0.4, 0.5) is 5.13 Å². The Balaban J connectivity index is 2.04. The van der Waals surface area contributed by atoms with Gasteiger partial charge in [-0.1, -0.05) is 6.92 Å². The molecule has 6 nitrogen and oxygen atoms in total. The standard InChI is InChI=1S/C12H16N4O2S2/c1-3-7-4-14-10(20-7)6(2)15-12-16-8(5-19-12)9(13)11(17)18/h4-6,9H,3,13H2,1-2H3,(H,15,16)(H,17,18). The predicted molar refractivity (Wildman–Crippen MR) is 80.2 cm³/mol. The first kappa shape index (κ1) is 14.9. The molecular formula is C12H16N4O2S2. The highest BCUT2D eigenvalue weighted by Crippen LogP contribution is 2.26. The Labute approximate surface area is 124 Å². The minimum Gasteiger partial charge on any atom is -0.480 e. The van der Waals surface area contributed by atoms with Crippen LogP contribution in [0.3, 0.4) is 0 Å². The highest BCUT2D eigenvalue weighted by Gasteiger charge is 2.18. The third-order valence-electron chi connectivity index (χ3n) is 2.74. The zero-order chi connectivity index (χ0) is 14.7. The first-order valence-corrected chi connectivity index (χ1v) is 7.85. The van der Waals surface area contributed by atoms with E-state index in [2.05, 4.69) is 22.2 Å². The van der Waals surface area contributed by atoms with Crippen LogP contribution in [0.15, 0.2) is 11.6 Å². The number of rotatable bonds is 6. The van der Waals surface area contributed by atoms with Crippen molar-refractivity contribution in [3.63, 3.8) is 0 Å². The van der Waals surface area contributed by atoms with Gasteiger partial charge in [-0.3, -0.25) is 4.79 Å². The molecule has 20 heavy (non-hydrogen) atoms. The molecule has 0 aliphatic heterocycles. The maximum absolute atomic E-state index is 10.8. The number of hydrogen-bond acceptors (Lipinski definition) is 7. The number of nitrogens with one attached hydrogen (secondary N) is 1. The van der Waals surface area contributed by atoms with Crippen molar-refractivity contribution in [2.45, 2.75) is 32.4 Å². The van der Waals surface area contributed by atoms with Crippen molar-refractivity contribution in [2.75, 3.05) is 5.32 Å². The molecule has 0 aliphatic rings. The van der Waals surface area contributed by atoms with E-state index >= 15 is 0 Å². The van der Waals surface area contributed by atoms with Gasteiger partial charge in [-0.15, -0.1) is 22.7 Å². The first-order valence-electron chi connectivity index (χ1n) is 6.16. The van der Waals surface area contributed by atoms with Crippen molar-refractivity contribution in [3.05, 3.63) is 27.2 Å². The number of anilines is 1. The minimum atomic E-state index is -1.08. The molecule has 2 unspecified atom stereocenters. The average Bonchev–Trinajstić information content (AvgIpc) is 3.06. The van der Waals surface area contributed by atoms with Crippen LogP contribution < -0.4 is 11.1 Å². The second-order valence-corrected chi connectivity index (χ2v) is 6.28. The van der Waals surface area contributed by atoms with E-state index in [9.17, 15) is 4.79 Å². The number of hydrogen-bond donors (Lipinski definition) is 3. The van der Waals surface area contributed by atoms with E-state index in [1.165, 1.54) is 16.2 Å². The topological polar surface area (TPSA) is 101 Å². The molecule has 2 atom stereocenters. The number of carbonyl (C=O) groups is 1. The molecule has 2 rings (SSSR count). The summed E-state index contributed by atoms with van der Waals surface area (Å²) in [5, 5.41) is 15.4. The summed E-state index contributed by atoms with van der Waals surface area (Å²) in [6.07, 6.45) is 2.85. The molecule has 0 aliphatic carbocycles. The zero-order valence-corrected chi connectivity index (χ0v) is 12.8. The number of nitrogens with zero attached hydrogens (tertiary/aromatic N) is 2. The van der Waals surface area contributed by atoms with E-state index in [0.29, 0.717) is 10.8 Å². The molecule has 2 aromatic heterocycles. The van der Waals surface area contributed by atoms with Gasteiger partial charge >= 0.3 is 5.97 Å². The Hall–Kier alpha value is -1.51. The van der Waals surface area contributed by atoms with Crippen LogP contribution in [0, 0.1) is 0 Å². The van der Waals surface area contributed by atoms with Crippen LogP contribution in [0.5, 0.6) is 0 Å². The SMILES string of the molecule is CCc1cnc(C(C)Nc2nc(C(N)C(=O)O)cs2)s1. The number of aliphatic carboxylic acids is 1. The van der Waals surface area contributed by atoms with Gasteiger partial charge in [-0.25, -0.2) is 9.97 Å². The summed E-state index contributed by atoms with van der Waals surface area (Å²) in [5.41, 5.74) is 5.89. The molecule has 108 valence electrons. The fraction of sp³-hybridized carbons (Fsp3) is 0.417. The quantitative estimate of drug-likeness (QED) is 0.757. The molecule has 0 bridgehead atoms. The van der Waals surface area contributed by atoms with Crippen molar-refractivity contribution in [1.82, 2.24) is 9.97 Å². The number of carboxylic acids is 1. The zero-order valence-electron chi connectivity index (χ0n) is 11.2. The van der Waals surface area contributed by atoms with Crippen LogP contribution in [-0.4, -0.2) is 21.0 Å². The highest BCUT2D eigenvalue weighted by atomic mass is 32.1. The molecule has 0 radical (unpaired) electrons. The van der Waals surface area contributed by atoms with Crippen LogP contribution in [0.2, 0.25) is 0 Å². The summed E-state index contributed by atoms with van der Waals surface area (Å²) in [7, 11) is 0. The monoisotopic (exact) mass is 312 g/mol. The third-order valence-corrected chi connectivity index (χ3v) is 4.85. The lowest BCUT2D eigenvalue weighted by molar-refractivity contribution is -0.138. The van der Waals surface area contributed by atoms with Gasteiger partial charge in [-0.2, -0.15) is 0 Å². The van der Waals surface area contributed by atoms with Crippen LogP contribution in [-0.2, 0) is 11.2 Å². The van der Waals surface area contributed by atoms with E-state index in [4.69, 9.17) is 10.8 Å². The molecule has 0 amide bonds. The van der Waals surface area contributed by atoms with Crippen LogP contribution in [0.25, 0.3) is 0 Å². The summed E-state index contributed by atoms with van der Waals surface area (Å²) in [5.74, 6) is -1.08. The summed E-state index contributed by atoms with van der Waals surface area (Å²) >= 11 is 3.00. The van der Waals surface area contributed by atoms with E-state index in [1.807, 2.05) is 13.1 Å². The maximum Gasteiger partial charge on any atom is 0.326 e. The molecule has 2 aromatic rings. The van der Waals surface area contributed by atoms with E-state index in [1.54, 1.807) is 16.7 Å². The van der Waals surface area contributed by atoms with Gasteiger partial charge in [-0.05, 0) is 13.3 Å². The van der Waals surface area contributed by atoms with Crippen molar-refractivity contribution in [1.29, 1.82) is 0 Å². The summed E-state index contributed by atoms with van der Waals surface area (Å²) < 4.78 is 0. The lowest BCUT2D eigenvalue weighted by atomic mass is 10.2. The lowest BCUT2D eigenvalue weighted by Gasteiger charge is -2.09. The van der Waals surface area contributed by atoms with Crippen molar-refractivity contribution in [2.24, 2.45) is 5.73 Å². The smallest absolute Gasteiger partial charge is 0.326 e. The van der Waals surface area contributed by atoms with Crippen LogP contribution in [0.1, 0.15) is 41.5 Å². The largest absolute Gasteiger partial charge is 0.480 e. The predicted octanol–water partition coefficient (Wildman–Crippen LogP) is 2.42. The fourth-order valence-electron chi connectivity index (χ4n) is 1.56. The van der Waals surface area contributed by atoms with Crippen molar-refractivity contribution >= 4 is 33.8 Å². The van der Waals surface area contributed by atoms with Crippen LogP contribution >= 0.6 is 22.7 Å². The molecule has 0 aromatic carbocycles. The van der Waals surface area contributed by atoms with Crippen molar-refractivity contribution < 1.29 is 9.90 Å². The normalized spacial score (nSPS) is 13.9. The molecule has 2 heterocycles. The third kappa shape index (κ3) is 3.33. The number of nitrogens with two attached hydrogens (primary N) is 1. The van der Waals surface area contributed by atoms with Crippen molar-refractivity contribution in [3.8, 4) is 0 Å². The first-order chi connectivity index (χ1) is 9.51. The Morgan fingerprint density at radius 2 is 2.35 bits per heavy atom. The molecular weight excluding hydrogens is 296 g/mol. The van der Waals surface area contributed by atoms with Gasteiger partial charge in [0.05, 0.1) is 11.7 Å². The van der Waals surface area contributed by atoms with Gasteiger partial charge in [0.15, 0.2) is 5.13 Å². The lowest BCUT2D eigenvalue weighted by Crippen LogP contribution is -2.21. The molecule has 8 heteroatoms. The Morgan fingerprint density at radius 3 is 2.95 bits per heavy atom. The average molecular weight is 312 g/mol. The van der Waals surface area contributed by atoms with E-state index in [-0.39, 0.29) is 6.04 Å². The van der Waals surface area contributed by atoms with Gasteiger partial charge in [0.1, 0.15) is 11.0 Å². The number of thiazole rings is 2. The van der Waals surface area contributed by atoms with Gasteiger partial charge in [0.25, 0.3) is 0 Å². The Morgan fingerprint density at radius 1 is 1.60 bits per heavy atom. The molecule has 0 fully saturated rings. The summed E-state index contributed by atoms with van der Waals surface area (Å²) in [6, 6.07) is -1.05. The van der Waals surface area contributed by atoms with Gasteiger partial charge < -0.3 is 16.2 Å².